The maximum atomic E-state index is 12.3. The van der Waals surface area contributed by atoms with E-state index < -0.39 is 11.6 Å². The zero-order chi connectivity index (χ0) is 17.5. The molecule has 0 fully saturated rings. The van der Waals surface area contributed by atoms with Gasteiger partial charge < -0.3 is 0 Å². The van der Waals surface area contributed by atoms with Gasteiger partial charge in [-0.2, -0.15) is 0 Å². The van der Waals surface area contributed by atoms with Crippen molar-refractivity contribution in [2.45, 2.75) is 0 Å². The fourth-order valence-electron chi connectivity index (χ4n) is 2.01. The number of benzene rings is 2. The van der Waals surface area contributed by atoms with Crippen LogP contribution < -0.4 is 5.30 Å². The Morgan fingerprint density at radius 2 is 1.58 bits per heavy atom. The molecule has 0 spiro atoms. The van der Waals surface area contributed by atoms with E-state index in [9.17, 15) is 14.4 Å². The molecule has 0 saturated carbocycles. The molecular weight excluding hydrogens is 325 g/mol. The van der Waals surface area contributed by atoms with Crippen LogP contribution in [-0.4, -0.2) is 42.9 Å². The van der Waals surface area contributed by atoms with E-state index in [1.54, 1.807) is 55.6 Å². The first kappa shape index (κ1) is 18.0. The Labute approximate surface area is 142 Å². The Morgan fingerprint density at radius 3 is 2.25 bits per heavy atom. The summed E-state index contributed by atoms with van der Waals surface area (Å²) in [6, 6.07) is 15.3. The molecular formula is C18H18NO4P. The number of hydrogen-bond donors (Lipinski definition) is 0. The van der Waals surface area contributed by atoms with Gasteiger partial charge in [0.15, 0.2) is 0 Å². The zero-order valence-electron chi connectivity index (χ0n) is 13.5. The van der Waals surface area contributed by atoms with Crippen molar-refractivity contribution < 1.29 is 19.2 Å². The molecule has 0 saturated heterocycles. The average Bonchev–Trinajstić information content (AvgIpc) is 2.65. The van der Waals surface area contributed by atoms with Crippen LogP contribution in [0.4, 0.5) is 0 Å². The first-order chi connectivity index (χ1) is 11.5. The fourth-order valence-corrected chi connectivity index (χ4v) is 3.06. The molecule has 0 bridgehead atoms. The van der Waals surface area contributed by atoms with Crippen LogP contribution in [0.2, 0.25) is 0 Å². The predicted molar refractivity (Wildman–Crippen MR) is 94.1 cm³/mol. The summed E-state index contributed by atoms with van der Waals surface area (Å²) in [5, 5.41) is 2.01. The van der Waals surface area contributed by atoms with Crippen molar-refractivity contribution in [2.75, 3.05) is 20.3 Å². The second-order valence-electron chi connectivity index (χ2n) is 5.03. The highest BCUT2D eigenvalue weighted by Crippen LogP contribution is 2.14. The van der Waals surface area contributed by atoms with Gasteiger partial charge in [0.05, 0.1) is 13.3 Å². The second kappa shape index (κ2) is 8.48. The molecule has 1 amide bonds. The van der Waals surface area contributed by atoms with E-state index in [-0.39, 0.29) is 20.6 Å². The molecule has 5 nitrogen and oxygen atoms in total. The van der Waals surface area contributed by atoms with Gasteiger partial charge in [-0.25, -0.2) is 5.06 Å². The Morgan fingerprint density at radius 1 is 0.958 bits per heavy atom. The molecule has 0 aliphatic carbocycles. The quantitative estimate of drug-likeness (QED) is 0.334. The zero-order valence-corrected chi connectivity index (χ0v) is 14.5. The molecule has 0 radical (unpaired) electrons. The summed E-state index contributed by atoms with van der Waals surface area (Å²) in [7, 11) is 3.17. The van der Waals surface area contributed by atoms with Crippen molar-refractivity contribution >= 4 is 31.4 Å². The minimum atomic E-state index is -0.548. The van der Waals surface area contributed by atoms with Crippen molar-refractivity contribution in [1.29, 1.82) is 0 Å². The van der Waals surface area contributed by atoms with E-state index in [1.807, 2.05) is 6.07 Å². The third kappa shape index (κ3) is 4.57. The molecule has 0 heterocycles. The van der Waals surface area contributed by atoms with E-state index in [0.29, 0.717) is 11.1 Å². The third-order valence-electron chi connectivity index (χ3n) is 3.44. The lowest BCUT2D eigenvalue weighted by molar-refractivity contribution is -0.165. The second-order valence-corrected chi connectivity index (χ2v) is 6.32. The smallest absolute Gasteiger partial charge is 0.250 e. The number of carbonyl (C=O) groups is 3. The average molecular weight is 343 g/mol. The summed E-state index contributed by atoms with van der Waals surface area (Å²) < 4.78 is 0. The number of amides is 1. The Kier molecular flexibility index (Phi) is 6.36. The highest BCUT2D eigenvalue weighted by Gasteiger charge is 2.18. The van der Waals surface area contributed by atoms with Crippen molar-refractivity contribution in [1.82, 2.24) is 5.06 Å². The van der Waals surface area contributed by atoms with E-state index in [1.165, 1.54) is 12.2 Å². The summed E-state index contributed by atoms with van der Waals surface area (Å²) >= 11 is 0. The van der Waals surface area contributed by atoms with Crippen molar-refractivity contribution in [2.24, 2.45) is 0 Å². The summed E-state index contributed by atoms with van der Waals surface area (Å²) in [5.41, 5.74) is 0.702. The Hall–Kier alpha value is -2.36. The van der Waals surface area contributed by atoms with Crippen molar-refractivity contribution in [3.63, 3.8) is 0 Å². The van der Waals surface area contributed by atoms with E-state index in [4.69, 9.17) is 4.84 Å². The number of nitrogens with zero attached hydrogens (tertiary/aromatic N) is 1. The molecule has 2 rings (SSSR count). The van der Waals surface area contributed by atoms with Crippen LogP contribution in [0.5, 0.6) is 0 Å². The van der Waals surface area contributed by atoms with Gasteiger partial charge in [-0.15, -0.1) is 0 Å². The van der Waals surface area contributed by atoms with Crippen molar-refractivity contribution in [3.8, 4) is 0 Å². The molecule has 6 heteroatoms. The lowest BCUT2D eigenvalue weighted by atomic mass is 10.0. The number of carbonyl (C=O) groups excluding carboxylic acids is 3. The van der Waals surface area contributed by atoms with E-state index >= 15 is 0 Å². The van der Waals surface area contributed by atoms with E-state index in [2.05, 4.69) is 0 Å². The topological polar surface area (TPSA) is 63.7 Å². The minimum Gasteiger partial charge on any atom is -0.285 e. The number of Topliss-reactive ketones (excluding diaryl/α,β-unsaturated/α-hetero) is 2. The van der Waals surface area contributed by atoms with Gasteiger partial charge >= 0.3 is 0 Å². The standard InChI is InChI=1S/C18H18NO4P/c1-19(23-2)16(20)12-24-15-10-6-9-14(11-15)18(22)17(21)13-7-4-3-5-8-13/h3-11,24H,12H2,1-2H3. The molecule has 0 aromatic heterocycles. The van der Waals surface area contributed by atoms with Crippen LogP contribution >= 0.6 is 8.58 Å². The molecule has 0 aliphatic heterocycles. The van der Waals surface area contributed by atoms with Gasteiger partial charge in [0.2, 0.25) is 17.5 Å². The highest BCUT2D eigenvalue weighted by molar-refractivity contribution is 7.48. The van der Waals surface area contributed by atoms with Crippen LogP contribution in [-0.2, 0) is 9.63 Å². The molecule has 2 aromatic carbocycles. The van der Waals surface area contributed by atoms with E-state index in [0.717, 1.165) is 5.30 Å². The maximum absolute atomic E-state index is 12.3. The normalized spacial score (nSPS) is 10.8. The lowest BCUT2D eigenvalue weighted by Crippen LogP contribution is -2.27. The largest absolute Gasteiger partial charge is 0.285 e. The molecule has 2 aromatic rings. The third-order valence-corrected chi connectivity index (χ3v) is 4.63. The number of ketones is 2. The molecule has 1 atom stereocenters. The molecule has 124 valence electrons. The van der Waals surface area contributed by atoms with Crippen LogP contribution in [0, 0.1) is 0 Å². The molecule has 0 aliphatic rings. The summed E-state index contributed by atoms with van der Waals surface area (Å²) in [6.07, 6.45) is 0.286. The Balaban J connectivity index is 2.08. The van der Waals surface area contributed by atoms with Crippen LogP contribution in [0.25, 0.3) is 0 Å². The van der Waals surface area contributed by atoms with Gasteiger partial charge in [-0.05, 0) is 11.4 Å². The fraction of sp³-hybridized carbons (Fsp3) is 0.167. The monoisotopic (exact) mass is 343 g/mol. The predicted octanol–water partition coefficient (Wildman–Crippen LogP) is 2.08. The van der Waals surface area contributed by atoms with Gasteiger partial charge in [-0.3, -0.25) is 19.2 Å². The number of hydrogen-bond acceptors (Lipinski definition) is 4. The van der Waals surface area contributed by atoms with Crippen LogP contribution in [0.3, 0.4) is 0 Å². The van der Waals surface area contributed by atoms with Gasteiger partial charge in [0, 0.05) is 18.2 Å². The van der Waals surface area contributed by atoms with Gasteiger partial charge in [-0.1, -0.05) is 57.1 Å². The maximum Gasteiger partial charge on any atom is 0.250 e. The molecule has 24 heavy (non-hydrogen) atoms. The summed E-state index contributed by atoms with van der Waals surface area (Å²) in [4.78, 5) is 41.2. The summed E-state index contributed by atoms with van der Waals surface area (Å²) in [5.74, 6) is -1.23. The number of rotatable bonds is 7. The van der Waals surface area contributed by atoms with Crippen molar-refractivity contribution in [3.05, 3.63) is 65.7 Å². The summed E-state index contributed by atoms with van der Waals surface area (Å²) in [6.45, 7) is 0. The van der Waals surface area contributed by atoms with Crippen LogP contribution in [0.15, 0.2) is 54.6 Å². The molecule has 1 unspecified atom stereocenters. The number of hydroxylamine groups is 2. The Bertz CT molecular complexity index is 746. The SMILES string of the molecule is CON(C)C(=O)CPc1cccc(C(=O)C(=O)c2ccccc2)c1. The molecule has 0 N–H and O–H groups in total. The van der Waals surface area contributed by atoms with Crippen LogP contribution in [0.1, 0.15) is 20.7 Å². The first-order valence-corrected chi connectivity index (χ1v) is 8.52. The first-order valence-electron chi connectivity index (χ1n) is 7.31. The lowest BCUT2D eigenvalue weighted by Gasteiger charge is -2.13. The highest BCUT2D eigenvalue weighted by atomic mass is 31.1. The van der Waals surface area contributed by atoms with Gasteiger partial charge in [0.25, 0.3) is 0 Å². The van der Waals surface area contributed by atoms with Gasteiger partial charge in [0.1, 0.15) is 0 Å². The minimum absolute atomic E-state index is 0.145.